The molecule has 0 saturated carbocycles. The molecule has 78 valence electrons. The molecule has 0 saturated heterocycles. The molecule has 1 atom stereocenters. The summed E-state index contributed by atoms with van der Waals surface area (Å²) >= 11 is 0. The SMILES string of the molecule is C1=CC[C@@H](COCc2ccccc2)C=C1. The summed E-state index contributed by atoms with van der Waals surface area (Å²) < 4.78 is 5.67. The van der Waals surface area contributed by atoms with Gasteiger partial charge in [-0.15, -0.1) is 0 Å². The van der Waals surface area contributed by atoms with Crippen LogP contribution in [0.4, 0.5) is 0 Å². The van der Waals surface area contributed by atoms with Crippen molar-refractivity contribution in [2.45, 2.75) is 13.0 Å². The first-order chi connectivity index (χ1) is 7.45. The first-order valence-corrected chi connectivity index (χ1v) is 5.40. The standard InChI is InChI=1S/C14H16O/c1-3-7-13(8-4-1)11-15-12-14-9-5-2-6-10-14/h1-9,14H,10-12H2/t14-/m0/s1. The van der Waals surface area contributed by atoms with Gasteiger partial charge in [-0.25, -0.2) is 0 Å². The van der Waals surface area contributed by atoms with E-state index in [2.05, 4.69) is 36.4 Å². The minimum atomic E-state index is 0.554. The fourth-order valence-electron chi connectivity index (χ4n) is 1.66. The zero-order valence-electron chi connectivity index (χ0n) is 8.80. The van der Waals surface area contributed by atoms with Crippen LogP contribution in [0.2, 0.25) is 0 Å². The van der Waals surface area contributed by atoms with Crippen molar-refractivity contribution in [1.29, 1.82) is 0 Å². The monoisotopic (exact) mass is 200 g/mol. The quantitative estimate of drug-likeness (QED) is 0.724. The number of rotatable bonds is 4. The Labute approximate surface area is 91.1 Å². The molecule has 0 N–H and O–H groups in total. The van der Waals surface area contributed by atoms with E-state index >= 15 is 0 Å². The van der Waals surface area contributed by atoms with Gasteiger partial charge in [0.25, 0.3) is 0 Å². The van der Waals surface area contributed by atoms with Crippen LogP contribution in [0.25, 0.3) is 0 Å². The molecular formula is C14H16O. The Bertz CT molecular complexity index is 338. The van der Waals surface area contributed by atoms with Crippen LogP contribution in [-0.4, -0.2) is 6.61 Å². The highest BCUT2D eigenvalue weighted by molar-refractivity contribution is 5.13. The van der Waals surface area contributed by atoms with E-state index in [1.165, 1.54) is 5.56 Å². The van der Waals surface area contributed by atoms with Crippen molar-refractivity contribution in [3.05, 3.63) is 60.2 Å². The Morgan fingerprint density at radius 1 is 1.13 bits per heavy atom. The Balaban J connectivity index is 1.71. The first-order valence-electron chi connectivity index (χ1n) is 5.40. The fourth-order valence-corrected chi connectivity index (χ4v) is 1.66. The molecule has 0 spiro atoms. The number of benzene rings is 1. The largest absolute Gasteiger partial charge is 0.376 e. The lowest BCUT2D eigenvalue weighted by Crippen LogP contribution is -2.07. The maximum Gasteiger partial charge on any atom is 0.0717 e. The van der Waals surface area contributed by atoms with Crippen molar-refractivity contribution in [3.63, 3.8) is 0 Å². The summed E-state index contributed by atoms with van der Waals surface area (Å²) in [6, 6.07) is 10.3. The van der Waals surface area contributed by atoms with Crippen molar-refractivity contribution in [2.24, 2.45) is 5.92 Å². The fraction of sp³-hybridized carbons (Fsp3) is 0.286. The Kier molecular flexibility index (Phi) is 3.75. The van der Waals surface area contributed by atoms with Crippen LogP contribution in [0.15, 0.2) is 54.6 Å². The molecule has 0 radical (unpaired) electrons. The summed E-state index contributed by atoms with van der Waals surface area (Å²) in [7, 11) is 0. The molecule has 1 aliphatic rings. The number of hydrogen-bond donors (Lipinski definition) is 0. The van der Waals surface area contributed by atoms with Gasteiger partial charge in [0.1, 0.15) is 0 Å². The highest BCUT2D eigenvalue weighted by atomic mass is 16.5. The minimum Gasteiger partial charge on any atom is -0.376 e. The molecule has 1 nitrogen and oxygen atoms in total. The minimum absolute atomic E-state index is 0.554. The van der Waals surface area contributed by atoms with Crippen molar-refractivity contribution in [3.8, 4) is 0 Å². The number of allylic oxidation sites excluding steroid dienone is 3. The second-order valence-electron chi connectivity index (χ2n) is 3.81. The normalized spacial score (nSPS) is 19.3. The molecule has 2 rings (SSSR count). The molecule has 0 aromatic heterocycles. The van der Waals surface area contributed by atoms with Gasteiger partial charge in [0, 0.05) is 5.92 Å². The zero-order chi connectivity index (χ0) is 10.3. The summed E-state index contributed by atoms with van der Waals surface area (Å²) in [5.74, 6) is 0.554. The van der Waals surface area contributed by atoms with Gasteiger partial charge in [-0.1, -0.05) is 54.6 Å². The molecule has 1 aromatic carbocycles. The van der Waals surface area contributed by atoms with Gasteiger partial charge in [0.2, 0.25) is 0 Å². The Hall–Kier alpha value is -1.34. The maximum absolute atomic E-state index is 5.67. The van der Waals surface area contributed by atoms with E-state index in [-0.39, 0.29) is 0 Å². The molecule has 1 aromatic rings. The Morgan fingerprint density at radius 3 is 2.73 bits per heavy atom. The van der Waals surface area contributed by atoms with E-state index in [0.29, 0.717) is 5.92 Å². The first kappa shape index (κ1) is 10.2. The molecule has 0 fully saturated rings. The smallest absolute Gasteiger partial charge is 0.0717 e. The van der Waals surface area contributed by atoms with Crippen molar-refractivity contribution >= 4 is 0 Å². The lowest BCUT2D eigenvalue weighted by Gasteiger charge is -2.13. The maximum atomic E-state index is 5.67. The van der Waals surface area contributed by atoms with Gasteiger partial charge < -0.3 is 4.74 Å². The summed E-state index contributed by atoms with van der Waals surface area (Å²) in [5.41, 5.74) is 1.24. The van der Waals surface area contributed by atoms with Crippen LogP contribution >= 0.6 is 0 Å². The molecule has 0 heterocycles. The second-order valence-corrected chi connectivity index (χ2v) is 3.81. The molecule has 0 amide bonds. The van der Waals surface area contributed by atoms with Crippen molar-refractivity contribution in [1.82, 2.24) is 0 Å². The highest BCUT2D eigenvalue weighted by Crippen LogP contribution is 2.12. The summed E-state index contributed by atoms with van der Waals surface area (Å²) in [6.45, 7) is 1.53. The zero-order valence-corrected chi connectivity index (χ0v) is 8.80. The van der Waals surface area contributed by atoms with Gasteiger partial charge in [0.15, 0.2) is 0 Å². The van der Waals surface area contributed by atoms with Gasteiger partial charge in [0.05, 0.1) is 13.2 Å². The van der Waals surface area contributed by atoms with Crippen molar-refractivity contribution < 1.29 is 4.74 Å². The molecule has 0 unspecified atom stereocenters. The summed E-state index contributed by atoms with van der Waals surface area (Å²) in [5, 5.41) is 0. The predicted molar refractivity (Wildman–Crippen MR) is 62.5 cm³/mol. The summed E-state index contributed by atoms with van der Waals surface area (Å²) in [4.78, 5) is 0. The van der Waals surface area contributed by atoms with Gasteiger partial charge in [-0.05, 0) is 12.0 Å². The van der Waals surface area contributed by atoms with Gasteiger partial charge in [-0.3, -0.25) is 0 Å². The van der Waals surface area contributed by atoms with Gasteiger partial charge >= 0.3 is 0 Å². The third kappa shape index (κ3) is 3.37. The molecule has 15 heavy (non-hydrogen) atoms. The van der Waals surface area contributed by atoms with E-state index in [1.807, 2.05) is 18.2 Å². The van der Waals surface area contributed by atoms with E-state index in [1.54, 1.807) is 0 Å². The van der Waals surface area contributed by atoms with Gasteiger partial charge in [-0.2, -0.15) is 0 Å². The van der Waals surface area contributed by atoms with E-state index in [9.17, 15) is 0 Å². The Morgan fingerprint density at radius 2 is 2.00 bits per heavy atom. The average Bonchev–Trinajstić information content (AvgIpc) is 2.32. The van der Waals surface area contributed by atoms with Crippen LogP contribution in [0, 0.1) is 5.92 Å². The lowest BCUT2D eigenvalue weighted by molar-refractivity contribution is 0.0999. The van der Waals surface area contributed by atoms with Crippen molar-refractivity contribution in [2.75, 3.05) is 6.61 Å². The highest BCUT2D eigenvalue weighted by Gasteiger charge is 2.04. The molecule has 0 bridgehead atoms. The van der Waals surface area contributed by atoms with E-state index in [0.717, 1.165) is 19.6 Å². The van der Waals surface area contributed by atoms with Crippen LogP contribution in [0.3, 0.4) is 0 Å². The third-order valence-corrected chi connectivity index (χ3v) is 2.51. The van der Waals surface area contributed by atoms with E-state index in [4.69, 9.17) is 4.74 Å². The molecular weight excluding hydrogens is 184 g/mol. The second kappa shape index (κ2) is 5.52. The van der Waals surface area contributed by atoms with Crippen LogP contribution < -0.4 is 0 Å². The van der Waals surface area contributed by atoms with Crippen LogP contribution in [-0.2, 0) is 11.3 Å². The molecule has 0 aliphatic heterocycles. The molecule has 1 heteroatoms. The third-order valence-electron chi connectivity index (χ3n) is 2.51. The van der Waals surface area contributed by atoms with Crippen LogP contribution in [0.5, 0.6) is 0 Å². The number of hydrogen-bond acceptors (Lipinski definition) is 1. The lowest BCUT2D eigenvalue weighted by atomic mass is 10.0. The summed E-state index contributed by atoms with van der Waals surface area (Å²) in [6.07, 6.45) is 9.70. The van der Waals surface area contributed by atoms with E-state index < -0.39 is 0 Å². The molecule has 1 aliphatic carbocycles. The average molecular weight is 200 g/mol. The topological polar surface area (TPSA) is 9.23 Å². The number of ether oxygens (including phenoxy) is 1. The predicted octanol–water partition coefficient (Wildman–Crippen LogP) is 3.34. The van der Waals surface area contributed by atoms with Crippen LogP contribution in [0.1, 0.15) is 12.0 Å².